The quantitative estimate of drug-likeness (QED) is 0.781. The summed E-state index contributed by atoms with van der Waals surface area (Å²) < 4.78 is 1.70. The van der Waals surface area contributed by atoms with Crippen LogP contribution in [-0.4, -0.2) is 62.0 Å². The SMILES string of the molecule is N#CCCn1ncc2c(NC[C@@H](O)CN3CCCCC3)ncnc21. The number of aryl methyl sites for hydroxylation is 1. The highest BCUT2D eigenvalue weighted by atomic mass is 16.3. The molecule has 0 radical (unpaired) electrons. The highest BCUT2D eigenvalue weighted by Gasteiger charge is 2.15. The highest BCUT2D eigenvalue weighted by molar-refractivity contribution is 5.86. The Bertz CT molecular complexity index is 702. The van der Waals surface area contributed by atoms with Gasteiger partial charge >= 0.3 is 0 Å². The van der Waals surface area contributed by atoms with Gasteiger partial charge in [-0.15, -0.1) is 0 Å². The van der Waals surface area contributed by atoms with Crippen molar-refractivity contribution in [2.75, 3.05) is 31.5 Å². The Morgan fingerprint density at radius 3 is 2.92 bits per heavy atom. The summed E-state index contributed by atoms with van der Waals surface area (Å²) in [5, 5.41) is 27.2. The van der Waals surface area contributed by atoms with E-state index in [2.05, 4.69) is 31.4 Å². The van der Waals surface area contributed by atoms with Crippen LogP contribution in [0.4, 0.5) is 5.82 Å². The number of β-amino-alcohol motifs (C(OH)–C–C–N with tert-alkyl or cyclic N) is 1. The minimum Gasteiger partial charge on any atom is -0.390 e. The third kappa shape index (κ3) is 3.99. The van der Waals surface area contributed by atoms with E-state index in [-0.39, 0.29) is 0 Å². The van der Waals surface area contributed by atoms with Crippen LogP contribution in [0.2, 0.25) is 0 Å². The lowest BCUT2D eigenvalue weighted by Crippen LogP contribution is -2.39. The minimum atomic E-state index is -0.443. The van der Waals surface area contributed by atoms with Crippen molar-refractivity contribution in [3.63, 3.8) is 0 Å². The van der Waals surface area contributed by atoms with Gasteiger partial charge in [0.25, 0.3) is 0 Å². The predicted molar refractivity (Wildman–Crippen MR) is 90.3 cm³/mol. The average molecular weight is 329 g/mol. The van der Waals surface area contributed by atoms with Crippen LogP contribution in [0.25, 0.3) is 11.0 Å². The lowest BCUT2D eigenvalue weighted by atomic mass is 10.1. The summed E-state index contributed by atoms with van der Waals surface area (Å²) in [7, 11) is 0. The molecule has 1 atom stereocenters. The molecule has 8 heteroatoms. The number of hydrogen-bond donors (Lipinski definition) is 2. The average Bonchev–Trinajstić information content (AvgIpc) is 3.02. The van der Waals surface area contributed by atoms with E-state index in [0.717, 1.165) is 18.5 Å². The molecular weight excluding hydrogens is 306 g/mol. The summed E-state index contributed by atoms with van der Waals surface area (Å²) in [6.45, 7) is 3.77. The fourth-order valence-electron chi connectivity index (χ4n) is 3.07. The number of rotatable bonds is 7. The van der Waals surface area contributed by atoms with Crippen LogP contribution in [0.5, 0.6) is 0 Å². The van der Waals surface area contributed by atoms with Gasteiger partial charge in [-0.1, -0.05) is 6.42 Å². The van der Waals surface area contributed by atoms with E-state index in [1.165, 1.54) is 25.6 Å². The Balaban J connectivity index is 1.60. The van der Waals surface area contributed by atoms with Crippen molar-refractivity contribution in [1.29, 1.82) is 5.26 Å². The third-order valence-electron chi connectivity index (χ3n) is 4.29. The first-order valence-electron chi connectivity index (χ1n) is 8.45. The minimum absolute atomic E-state index is 0.387. The molecule has 8 nitrogen and oxygen atoms in total. The van der Waals surface area contributed by atoms with Crippen molar-refractivity contribution < 1.29 is 5.11 Å². The zero-order chi connectivity index (χ0) is 16.8. The van der Waals surface area contributed by atoms with Crippen LogP contribution in [0.3, 0.4) is 0 Å². The smallest absolute Gasteiger partial charge is 0.163 e. The third-order valence-corrected chi connectivity index (χ3v) is 4.29. The van der Waals surface area contributed by atoms with Gasteiger partial charge in [-0.05, 0) is 25.9 Å². The van der Waals surface area contributed by atoms with E-state index in [0.29, 0.717) is 37.5 Å². The number of nitrogens with zero attached hydrogens (tertiary/aromatic N) is 6. The molecule has 0 aliphatic carbocycles. The van der Waals surface area contributed by atoms with E-state index in [9.17, 15) is 5.11 Å². The molecule has 0 saturated carbocycles. The molecule has 1 aliphatic rings. The van der Waals surface area contributed by atoms with Gasteiger partial charge in [0.05, 0.1) is 36.7 Å². The molecule has 0 amide bonds. The molecule has 1 aliphatic heterocycles. The number of aliphatic hydroxyl groups is 1. The summed E-state index contributed by atoms with van der Waals surface area (Å²) in [6.07, 6.45) is 6.85. The van der Waals surface area contributed by atoms with E-state index in [1.807, 2.05) is 0 Å². The molecule has 0 spiro atoms. The Labute approximate surface area is 141 Å². The van der Waals surface area contributed by atoms with Crippen molar-refractivity contribution in [2.24, 2.45) is 0 Å². The highest BCUT2D eigenvalue weighted by Crippen LogP contribution is 2.19. The van der Waals surface area contributed by atoms with Gasteiger partial charge in [0.1, 0.15) is 12.1 Å². The van der Waals surface area contributed by atoms with Crippen LogP contribution in [0.1, 0.15) is 25.7 Å². The first-order valence-corrected chi connectivity index (χ1v) is 8.45. The number of nitriles is 1. The molecule has 2 N–H and O–H groups in total. The molecule has 0 bridgehead atoms. The molecule has 3 heterocycles. The van der Waals surface area contributed by atoms with Crippen molar-refractivity contribution in [3.8, 4) is 6.07 Å². The van der Waals surface area contributed by atoms with Gasteiger partial charge in [-0.2, -0.15) is 10.4 Å². The topological polar surface area (TPSA) is 103 Å². The summed E-state index contributed by atoms with van der Waals surface area (Å²) in [4.78, 5) is 10.8. The second-order valence-electron chi connectivity index (χ2n) is 6.13. The Morgan fingerprint density at radius 1 is 1.29 bits per heavy atom. The summed E-state index contributed by atoms with van der Waals surface area (Å²) in [6, 6.07) is 2.11. The van der Waals surface area contributed by atoms with Crippen LogP contribution < -0.4 is 5.32 Å². The molecular formula is C16H23N7O. The molecule has 1 saturated heterocycles. The van der Waals surface area contributed by atoms with Crippen molar-refractivity contribution in [2.45, 2.75) is 38.3 Å². The van der Waals surface area contributed by atoms with Crippen molar-refractivity contribution >= 4 is 16.9 Å². The zero-order valence-electron chi connectivity index (χ0n) is 13.7. The van der Waals surface area contributed by atoms with Crippen LogP contribution in [-0.2, 0) is 6.54 Å². The van der Waals surface area contributed by atoms with E-state index >= 15 is 0 Å². The number of likely N-dealkylation sites (tertiary alicyclic amines) is 1. The molecule has 0 unspecified atom stereocenters. The summed E-state index contributed by atoms with van der Waals surface area (Å²) >= 11 is 0. The molecule has 3 rings (SSSR count). The second kappa shape index (κ2) is 8.04. The Kier molecular flexibility index (Phi) is 5.56. The van der Waals surface area contributed by atoms with E-state index < -0.39 is 6.10 Å². The second-order valence-corrected chi connectivity index (χ2v) is 6.13. The summed E-state index contributed by atoms with van der Waals surface area (Å²) in [5.74, 6) is 0.668. The largest absolute Gasteiger partial charge is 0.390 e. The first-order chi connectivity index (χ1) is 11.8. The fraction of sp³-hybridized carbons (Fsp3) is 0.625. The van der Waals surface area contributed by atoms with Gasteiger partial charge in [0.15, 0.2) is 5.65 Å². The van der Waals surface area contributed by atoms with Crippen LogP contribution in [0.15, 0.2) is 12.5 Å². The van der Waals surface area contributed by atoms with E-state index in [1.54, 1.807) is 10.9 Å². The maximum Gasteiger partial charge on any atom is 0.163 e. The van der Waals surface area contributed by atoms with Crippen LogP contribution >= 0.6 is 0 Å². The molecule has 128 valence electrons. The number of anilines is 1. The zero-order valence-corrected chi connectivity index (χ0v) is 13.7. The molecule has 2 aromatic rings. The number of piperidine rings is 1. The first kappa shape index (κ1) is 16.6. The number of fused-ring (bicyclic) bond motifs is 1. The molecule has 2 aromatic heterocycles. The Morgan fingerprint density at radius 2 is 2.12 bits per heavy atom. The van der Waals surface area contributed by atoms with E-state index in [4.69, 9.17) is 5.26 Å². The standard InChI is InChI=1S/C16H23N7O/c17-5-4-8-23-16-14(10-21-23)15(19-12-20-16)18-9-13(24)11-22-6-2-1-3-7-22/h10,12-13,24H,1-4,6-9,11H2,(H,18,19,20)/t13-/m1/s1. The Hall–Kier alpha value is -2.24. The van der Waals surface area contributed by atoms with Crippen molar-refractivity contribution in [1.82, 2.24) is 24.6 Å². The lowest BCUT2D eigenvalue weighted by Gasteiger charge is -2.28. The molecule has 0 aromatic carbocycles. The van der Waals surface area contributed by atoms with Gasteiger partial charge in [-0.3, -0.25) is 0 Å². The number of aromatic nitrogens is 4. The maximum absolute atomic E-state index is 10.3. The number of hydrogen-bond acceptors (Lipinski definition) is 7. The molecule has 1 fully saturated rings. The summed E-state index contributed by atoms with van der Waals surface area (Å²) in [5.41, 5.74) is 0.702. The van der Waals surface area contributed by atoms with Crippen LogP contribution in [0, 0.1) is 11.3 Å². The van der Waals surface area contributed by atoms with Crippen molar-refractivity contribution in [3.05, 3.63) is 12.5 Å². The monoisotopic (exact) mass is 329 g/mol. The molecule has 24 heavy (non-hydrogen) atoms. The normalized spacial score (nSPS) is 16.8. The van der Waals surface area contributed by atoms with Gasteiger partial charge in [0, 0.05) is 13.1 Å². The predicted octanol–water partition coefficient (Wildman–Crippen LogP) is 0.999. The van der Waals surface area contributed by atoms with Gasteiger partial charge in [0.2, 0.25) is 0 Å². The maximum atomic E-state index is 10.3. The number of nitrogens with one attached hydrogen (secondary N) is 1. The lowest BCUT2D eigenvalue weighted by molar-refractivity contribution is 0.109. The number of aliphatic hydroxyl groups excluding tert-OH is 1. The van der Waals surface area contributed by atoms with Gasteiger partial charge < -0.3 is 15.3 Å². The van der Waals surface area contributed by atoms with Gasteiger partial charge in [-0.25, -0.2) is 14.6 Å². The fourth-order valence-corrected chi connectivity index (χ4v) is 3.07.